The molecule has 0 bridgehead atoms. The molecule has 4 heteroatoms. The van der Waals surface area contributed by atoms with E-state index in [9.17, 15) is 0 Å². The van der Waals surface area contributed by atoms with Crippen LogP contribution in [0.5, 0.6) is 0 Å². The SMILES string of the molecule is C#CCONc1nc(C)c(C)s1. The van der Waals surface area contributed by atoms with Gasteiger partial charge in [0, 0.05) is 4.88 Å². The van der Waals surface area contributed by atoms with E-state index in [0.717, 1.165) is 10.8 Å². The lowest BCUT2D eigenvalue weighted by molar-refractivity contribution is 0.234. The zero-order valence-corrected chi connectivity index (χ0v) is 7.86. The van der Waals surface area contributed by atoms with E-state index in [2.05, 4.69) is 16.4 Å². The second kappa shape index (κ2) is 4.10. The summed E-state index contributed by atoms with van der Waals surface area (Å²) < 4.78 is 0. The molecule has 0 spiro atoms. The predicted octanol–water partition coefficient (Wildman–Crippen LogP) is 1.74. The third-order valence-electron chi connectivity index (χ3n) is 1.34. The molecule has 12 heavy (non-hydrogen) atoms. The van der Waals surface area contributed by atoms with Crippen LogP contribution in [-0.2, 0) is 4.84 Å². The van der Waals surface area contributed by atoms with Gasteiger partial charge in [-0.2, -0.15) is 0 Å². The van der Waals surface area contributed by atoms with Gasteiger partial charge in [0.15, 0.2) is 0 Å². The number of anilines is 1. The maximum absolute atomic E-state index is 5.00. The fraction of sp³-hybridized carbons (Fsp3) is 0.375. The van der Waals surface area contributed by atoms with Crippen LogP contribution in [0, 0.1) is 26.2 Å². The summed E-state index contributed by atoms with van der Waals surface area (Å²) in [4.78, 5) is 10.3. The summed E-state index contributed by atoms with van der Waals surface area (Å²) in [6.07, 6.45) is 5.00. The van der Waals surface area contributed by atoms with E-state index in [4.69, 9.17) is 11.3 Å². The monoisotopic (exact) mass is 182 g/mol. The maximum Gasteiger partial charge on any atom is 0.207 e. The molecule has 1 rings (SSSR count). The largest absolute Gasteiger partial charge is 0.261 e. The van der Waals surface area contributed by atoms with E-state index >= 15 is 0 Å². The number of aromatic nitrogens is 1. The molecule has 0 aliphatic carbocycles. The standard InChI is InChI=1S/C8H10N2OS/c1-4-5-11-10-8-9-6(2)7(3)12-8/h1H,5H2,2-3H3,(H,9,10). The van der Waals surface area contributed by atoms with Crippen molar-refractivity contribution < 1.29 is 4.84 Å². The lowest BCUT2D eigenvalue weighted by atomic mass is 10.4. The Morgan fingerprint density at radius 3 is 2.92 bits per heavy atom. The Bertz CT molecular complexity index is 281. The zero-order valence-electron chi connectivity index (χ0n) is 7.05. The van der Waals surface area contributed by atoms with Crippen molar-refractivity contribution in [3.63, 3.8) is 0 Å². The van der Waals surface area contributed by atoms with E-state index < -0.39 is 0 Å². The average Bonchev–Trinajstić information content (AvgIpc) is 2.32. The summed E-state index contributed by atoms with van der Waals surface area (Å²) in [7, 11) is 0. The van der Waals surface area contributed by atoms with Crippen molar-refractivity contribution in [2.75, 3.05) is 12.1 Å². The van der Waals surface area contributed by atoms with Gasteiger partial charge in [-0.25, -0.2) is 10.5 Å². The van der Waals surface area contributed by atoms with Crippen LogP contribution in [0.4, 0.5) is 5.13 Å². The molecule has 1 aromatic rings. The highest BCUT2D eigenvalue weighted by atomic mass is 32.1. The van der Waals surface area contributed by atoms with Crippen LogP contribution in [0.3, 0.4) is 0 Å². The number of aryl methyl sites for hydroxylation is 2. The summed E-state index contributed by atoms with van der Waals surface area (Å²) >= 11 is 1.55. The van der Waals surface area contributed by atoms with Crippen LogP contribution in [-0.4, -0.2) is 11.6 Å². The predicted molar refractivity (Wildman–Crippen MR) is 50.0 cm³/mol. The summed E-state index contributed by atoms with van der Waals surface area (Å²) in [5.74, 6) is 2.35. The van der Waals surface area contributed by atoms with Crippen molar-refractivity contribution in [2.24, 2.45) is 0 Å². The van der Waals surface area contributed by atoms with E-state index in [1.807, 2.05) is 13.8 Å². The number of nitrogens with zero attached hydrogens (tertiary/aromatic N) is 1. The minimum atomic E-state index is 0.248. The van der Waals surface area contributed by atoms with Gasteiger partial charge in [-0.05, 0) is 13.8 Å². The van der Waals surface area contributed by atoms with Gasteiger partial charge < -0.3 is 0 Å². The number of nitrogens with one attached hydrogen (secondary N) is 1. The molecule has 0 unspecified atom stereocenters. The fourth-order valence-corrected chi connectivity index (χ4v) is 1.42. The van der Waals surface area contributed by atoms with Crippen molar-refractivity contribution in [1.29, 1.82) is 0 Å². The topological polar surface area (TPSA) is 34.1 Å². The summed E-state index contributed by atoms with van der Waals surface area (Å²) in [5.41, 5.74) is 3.69. The van der Waals surface area contributed by atoms with Gasteiger partial charge in [0.25, 0.3) is 0 Å². The van der Waals surface area contributed by atoms with Crippen molar-refractivity contribution in [3.05, 3.63) is 10.6 Å². The second-order valence-corrected chi connectivity index (χ2v) is 3.46. The third-order valence-corrected chi connectivity index (χ3v) is 2.31. The van der Waals surface area contributed by atoms with Crippen LogP contribution in [0.2, 0.25) is 0 Å². The minimum absolute atomic E-state index is 0.248. The van der Waals surface area contributed by atoms with Crippen molar-refractivity contribution in [2.45, 2.75) is 13.8 Å². The molecule has 0 aromatic carbocycles. The van der Waals surface area contributed by atoms with Gasteiger partial charge in [0.05, 0.1) is 5.69 Å². The molecule has 0 radical (unpaired) electrons. The molecule has 64 valence electrons. The summed E-state index contributed by atoms with van der Waals surface area (Å²) in [5, 5.41) is 0.750. The van der Waals surface area contributed by atoms with Gasteiger partial charge in [-0.15, -0.1) is 17.8 Å². The first-order chi connectivity index (χ1) is 5.74. The first-order valence-electron chi connectivity index (χ1n) is 3.49. The van der Waals surface area contributed by atoms with E-state index in [0.29, 0.717) is 0 Å². The Kier molecular flexibility index (Phi) is 3.09. The zero-order chi connectivity index (χ0) is 8.97. The molecule has 0 saturated heterocycles. The second-order valence-electron chi connectivity index (χ2n) is 2.26. The van der Waals surface area contributed by atoms with Crippen LogP contribution < -0.4 is 5.48 Å². The number of rotatable bonds is 3. The molecule has 0 amide bonds. The van der Waals surface area contributed by atoms with Crippen LogP contribution in [0.25, 0.3) is 0 Å². The van der Waals surface area contributed by atoms with Crippen LogP contribution in [0.1, 0.15) is 10.6 Å². The number of hydrogen-bond donors (Lipinski definition) is 1. The molecule has 1 aromatic heterocycles. The molecule has 0 saturated carbocycles. The molecule has 1 heterocycles. The summed E-state index contributed by atoms with van der Waals surface area (Å²) in [6.45, 7) is 4.22. The molecular formula is C8H10N2OS. The molecular weight excluding hydrogens is 172 g/mol. The molecule has 0 aliphatic rings. The van der Waals surface area contributed by atoms with Crippen molar-refractivity contribution in [1.82, 2.24) is 4.98 Å². The average molecular weight is 182 g/mol. The molecule has 1 N–H and O–H groups in total. The molecule has 3 nitrogen and oxygen atoms in total. The van der Waals surface area contributed by atoms with Gasteiger partial charge in [0.2, 0.25) is 5.13 Å². The van der Waals surface area contributed by atoms with E-state index in [1.54, 1.807) is 11.3 Å². The Labute approximate surface area is 75.7 Å². The van der Waals surface area contributed by atoms with Crippen molar-refractivity contribution >= 4 is 16.5 Å². The summed E-state index contributed by atoms with van der Waals surface area (Å²) in [6, 6.07) is 0. The Morgan fingerprint density at radius 1 is 1.67 bits per heavy atom. The highest BCUT2D eigenvalue weighted by Gasteiger charge is 2.01. The van der Waals surface area contributed by atoms with Gasteiger partial charge in [-0.1, -0.05) is 5.92 Å². The maximum atomic E-state index is 5.00. The molecule has 0 atom stereocenters. The Balaban J connectivity index is 2.48. The minimum Gasteiger partial charge on any atom is -0.261 e. The van der Waals surface area contributed by atoms with Crippen molar-refractivity contribution in [3.8, 4) is 12.3 Å². The number of hydrogen-bond acceptors (Lipinski definition) is 4. The quantitative estimate of drug-likeness (QED) is 0.439. The highest BCUT2D eigenvalue weighted by Crippen LogP contribution is 2.20. The first-order valence-corrected chi connectivity index (χ1v) is 4.31. The third kappa shape index (κ3) is 2.22. The van der Waals surface area contributed by atoms with Gasteiger partial charge in [0.1, 0.15) is 6.61 Å². The molecule has 0 aliphatic heterocycles. The van der Waals surface area contributed by atoms with Crippen LogP contribution in [0.15, 0.2) is 0 Å². The normalized spacial score (nSPS) is 9.42. The Hall–Kier alpha value is -1.05. The highest BCUT2D eigenvalue weighted by molar-refractivity contribution is 7.15. The van der Waals surface area contributed by atoms with E-state index in [-0.39, 0.29) is 6.61 Å². The van der Waals surface area contributed by atoms with Gasteiger partial charge in [-0.3, -0.25) is 4.84 Å². The fourth-order valence-electron chi connectivity index (χ4n) is 0.656. The van der Waals surface area contributed by atoms with E-state index in [1.165, 1.54) is 4.88 Å². The molecule has 0 fully saturated rings. The lowest BCUT2D eigenvalue weighted by Gasteiger charge is -1.97. The number of terminal acetylenes is 1. The number of thiazole rings is 1. The van der Waals surface area contributed by atoms with Crippen LogP contribution >= 0.6 is 11.3 Å². The smallest absolute Gasteiger partial charge is 0.207 e. The van der Waals surface area contributed by atoms with Gasteiger partial charge >= 0.3 is 0 Å². The lowest BCUT2D eigenvalue weighted by Crippen LogP contribution is -2.00. The Morgan fingerprint density at radius 2 is 2.42 bits per heavy atom. The first kappa shape index (κ1) is 9.04.